The number of nitrogens with zero attached hydrogens (tertiary/aromatic N) is 4. The minimum atomic E-state index is 0.649. The van der Waals surface area contributed by atoms with Crippen molar-refractivity contribution >= 4 is 27.5 Å². The molecule has 0 atom stereocenters. The summed E-state index contributed by atoms with van der Waals surface area (Å²) in [6, 6.07) is 2.03. The van der Waals surface area contributed by atoms with E-state index in [0.29, 0.717) is 5.95 Å². The molecule has 0 spiro atoms. The maximum atomic E-state index is 4.53. The van der Waals surface area contributed by atoms with E-state index in [1.54, 1.807) is 16.0 Å². The predicted molar refractivity (Wildman–Crippen MR) is 73.4 cm³/mol. The van der Waals surface area contributed by atoms with Crippen LogP contribution in [0.4, 0.5) is 5.95 Å². The Labute approximate surface area is 109 Å². The Morgan fingerprint density at radius 2 is 2.28 bits per heavy atom. The highest BCUT2D eigenvalue weighted by Gasteiger charge is 2.10. The van der Waals surface area contributed by atoms with E-state index >= 15 is 0 Å². The normalized spacial score (nSPS) is 11.0. The van der Waals surface area contributed by atoms with Gasteiger partial charge in [-0.2, -0.15) is 10.1 Å². The van der Waals surface area contributed by atoms with Gasteiger partial charge in [0.05, 0.1) is 11.6 Å². The number of rotatable bonds is 3. The summed E-state index contributed by atoms with van der Waals surface area (Å²) < 4.78 is 1.80. The van der Waals surface area contributed by atoms with Gasteiger partial charge >= 0.3 is 0 Å². The van der Waals surface area contributed by atoms with E-state index in [0.717, 1.165) is 28.1 Å². The van der Waals surface area contributed by atoms with Gasteiger partial charge in [0.25, 0.3) is 0 Å². The molecule has 0 aliphatic rings. The van der Waals surface area contributed by atoms with E-state index in [4.69, 9.17) is 0 Å². The van der Waals surface area contributed by atoms with Crippen LogP contribution in [0.25, 0.3) is 16.0 Å². The van der Waals surface area contributed by atoms with Crippen LogP contribution in [0.15, 0.2) is 23.8 Å². The molecule has 0 aromatic carbocycles. The molecular weight excluding hydrogens is 246 g/mol. The molecule has 0 saturated heterocycles. The van der Waals surface area contributed by atoms with Gasteiger partial charge < -0.3 is 5.32 Å². The molecule has 0 aliphatic heterocycles. The summed E-state index contributed by atoms with van der Waals surface area (Å²) in [5.74, 6) is 1.47. The standard InChI is InChI=1S/C12H13N5S/c1-3-13-12-15-10(17-7-8(2)6-14-17)9-4-5-18-11(9)16-12/h4-7H,3H2,1-2H3,(H,13,15,16). The van der Waals surface area contributed by atoms with Crippen LogP contribution in [0.1, 0.15) is 12.5 Å². The lowest BCUT2D eigenvalue weighted by Gasteiger charge is -2.06. The second-order valence-electron chi connectivity index (χ2n) is 4.00. The Morgan fingerprint density at radius 3 is 3.00 bits per heavy atom. The number of thiophene rings is 1. The monoisotopic (exact) mass is 259 g/mol. The molecule has 6 heteroatoms. The van der Waals surface area contributed by atoms with Gasteiger partial charge in [-0.25, -0.2) is 9.67 Å². The molecule has 3 aromatic rings. The maximum Gasteiger partial charge on any atom is 0.226 e. The number of fused-ring (bicyclic) bond motifs is 1. The highest BCUT2D eigenvalue weighted by molar-refractivity contribution is 7.16. The number of hydrogen-bond donors (Lipinski definition) is 1. The molecule has 0 saturated carbocycles. The second-order valence-corrected chi connectivity index (χ2v) is 4.90. The number of hydrogen-bond acceptors (Lipinski definition) is 5. The van der Waals surface area contributed by atoms with E-state index in [2.05, 4.69) is 20.4 Å². The maximum absolute atomic E-state index is 4.53. The van der Waals surface area contributed by atoms with Crippen molar-refractivity contribution in [2.24, 2.45) is 0 Å². The largest absolute Gasteiger partial charge is 0.354 e. The summed E-state index contributed by atoms with van der Waals surface area (Å²) in [6.07, 6.45) is 3.79. The molecule has 3 aromatic heterocycles. The Bertz CT molecular complexity index is 685. The van der Waals surface area contributed by atoms with Crippen LogP contribution in [0.3, 0.4) is 0 Å². The fraction of sp³-hybridized carbons (Fsp3) is 0.250. The minimum absolute atomic E-state index is 0.649. The quantitative estimate of drug-likeness (QED) is 0.785. The van der Waals surface area contributed by atoms with Crippen molar-refractivity contribution < 1.29 is 0 Å². The van der Waals surface area contributed by atoms with Crippen LogP contribution in [0.5, 0.6) is 0 Å². The highest BCUT2D eigenvalue weighted by Crippen LogP contribution is 2.25. The van der Waals surface area contributed by atoms with Crippen LogP contribution in [-0.2, 0) is 0 Å². The average Bonchev–Trinajstić information content (AvgIpc) is 2.97. The summed E-state index contributed by atoms with van der Waals surface area (Å²) in [5, 5.41) is 10.5. The third kappa shape index (κ3) is 1.84. The van der Waals surface area contributed by atoms with Gasteiger partial charge in [0, 0.05) is 12.7 Å². The Morgan fingerprint density at radius 1 is 1.39 bits per heavy atom. The van der Waals surface area contributed by atoms with E-state index < -0.39 is 0 Å². The smallest absolute Gasteiger partial charge is 0.226 e. The molecule has 0 amide bonds. The first-order chi connectivity index (χ1) is 8.78. The van der Waals surface area contributed by atoms with Gasteiger partial charge in [0.1, 0.15) is 4.83 Å². The van der Waals surface area contributed by atoms with Gasteiger partial charge in [-0.3, -0.25) is 0 Å². The van der Waals surface area contributed by atoms with Crippen molar-refractivity contribution in [3.8, 4) is 5.82 Å². The predicted octanol–water partition coefficient (Wildman–Crippen LogP) is 2.62. The van der Waals surface area contributed by atoms with E-state index in [1.807, 2.05) is 37.7 Å². The zero-order chi connectivity index (χ0) is 12.5. The first-order valence-corrected chi connectivity index (χ1v) is 6.66. The van der Waals surface area contributed by atoms with Crippen LogP contribution in [-0.4, -0.2) is 26.3 Å². The minimum Gasteiger partial charge on any atom is -0.354 e. The topological polar surface area (TPSA) is 55.6 Å². The number of anilines is 1. The van der Waals surface area contributed by atoms with Crippen molar-refractivity contribution in [3.63, 3.8) is 0 Å². The molecule has 0 bridgehead atoms. The van der Waals surface area contributed by atoms with Crippen LogP contribution < -0.4 is 5.32 Å². The lowest BCUT2D eigenvalue weighted by molar-refractivity contribution is 0.851. The molecule has 0 unspecified atom stereocenters. The van der Waals surface area contributed by atoms with Crippen molar-refractivity contribution in [1.29, 1.82) is 0 Å². The fourth-order valence-corrected chi connectivity index (χ4v) is 2.54. The van der Waals surface area contributed by atoms with E-state index in [9.17, 15) is 0 Å². The lowest BCUT2D eigenvalue weighted by atomic mass is 10.4. The summed E-state index contributed by atoms with van der Waals surface area (Å²) >= 11 is 1.61. The second kappa shape index (κ2) is 4.38. The zero-order valence-electron chi connectivity index (χ0n) is 10.2. The zero-order valence-corrected chi connectivity index (χ0v) is 11.0. The average molecular weight is 259 g/mol. The Hall–Kier alpha value is -1.95. The van der Waals surface area contributed by atoms with Crippen molar-refractivity contribution in [2.45, 2.75) is 13.8 Å². The summed E-state index contributed by atoms with van der Waals surface area (Å²) in [4.78, 5) is 9.98. The SMILES string of the molecule is CCNc1nc(-n2cc(C)cn2)c2ccsc2n1. The number of aromatic nitrogens is 4. The van der Waals surface area contributed by atoms with Gasteiger partial charge in [-0.05, 0) is 30.9 Å². The highest BCUT2D eigenvalue weighted by atomic mass is 32.1. The molecule has 0 radical (unpaired) electrons. The van der Waals surface area contributed by atoms with Crippen LogP contribution in [0.2, 0.25) is 0 Å². The van der Waals surface area contributed by atoms with Gasteiger partial charge in [-0.1, -0.05) is 0 Å². The van der Waals surface area contributed by atoms with E-state index in [-0.39, 0.29) is 0 Å². The number of nitrogens with one attached hydrogen (secondary N) is 1. The molecule has 3 heterocycles. The summed E-state index contributed by atoms with van der Waals surface area (Å²) in [5.41, 5.74) is 1.11. The molecule has 5 nitrogen and oxygen atoms in total. The fourth-order valence-electron chi connectivity index (χ4n) is 1.78. The van der Waals surface area contributed by atoms with Crippen molar-refractivity contribution in [2.75, 3.05) is 11.9 Å². The third-order valence-corrected chi connectivity index (χ3v) is 3.38. The first-order valence-electron chi connectivity index (χ1n) is 5.78. The molecular formula is C12H13N5S. The van der Waals surface area contributed by atoms with Crippen molar-refractivity contribution in [1.82, 2.24) is 19.7 Å². The summed E-state index contributed by atoms with van der Waals surface area (Å²) in [7, 11) is 0. The molecule has 1 N–H and O–H groups in total. The van der Waals surface area contributed by atoms with Crippen molar-refractivity contribution in [3.05, 3.63) is 29.4 Å². The van der Waals surface area contributed by atoms with Crippen LogP contribution >= 0.6 is 11.3 Å². The molecule has 18 heavy (non-hydrogen) atoms. The van der Waals surface area contributed by atoms with Gasteiger partial charge in [0.2, 0.25) is 5.95 Å². The molecule has 0 aliphatic carbocycles. The number of aryl methyl sites for hydroxylation is 1. The van der Waals surface area contributed by atoms with Gasteiger partial charge in [-0.15, -0.1) is 11.3 Å². The first kappa shape index (κ1) is 11.2. The summed E-state index contributed by atoms with van der Waals surface area (Å²) in [6.45, 7) is 4.84. The van der Waals surface area contributed by atoms with E-state index in [1.165, 1.54) is 0 Å². The molecule has 0 fully saturated rings. The Kier molecular flexibility index (Phi) is 2.71. The molecule has 92 valence electrons. The third-order valence-electron chi connectivity index (χ3n) is 2.57. The van der Waals surface area contributed by atoms with Crippen LogP contribution in [0, 0.1) is 6.92 Å². The lowest BCUT2D eigenvalue weighted by Crippen LogP contribution is -2.06. The molecule has 3 rings (SSSR count). The Balaban J connectivity index is 2.22. The van der Waals surface area contributed by atoms with Gasteiger partial charge in [0.15, 0.2) is 5.82 Å².